The molecule has 0 bridgehead atoms. The molecule has 0 saturated heterocycles. The minimum atomic E-state index is -0.251. The predicted molar refractivity (Wildman–Crippen MR) is 120 cm³/mol. The van der Waals surface area contributed by atoms with Crippen molar-refractivity contribution in [2.45, 2.75) is 26.2 Å². The monoisotopic (exact) mass is 402 g/mol. The van der Waals surface area contributed by atoms with Gasteiger partial charge in [-0.1, -0.05) is 55.0 Å². The molecule has 0 radical (unpaired) electrons. The van der Waals surface area contributed by atoms with Gasteiger partial charge in [0.1, 0.15) is 5.75 Å². The van der Waals surface area contributed by atoms with Gasteiger partial charge in [0, 0.05) is 11.3 Å². The van der Waals surface area contributed by atoms with Crippen molar-refractivity contribution in [2.24, 2.45) is 0 Å². The van der Waals surface area contributed by atoms with Crippen molar-refractivity contribution < 1.29 is 14.3 Å². The molecule has 3 aromatic rings. The van der Waals surface area contributed by atoms with Gasteiger partial charge in [-0.15, -0.1) is 0 Å². The van der Waals surface area contributed by atoms with E-state index in [0.717, 1.165) is 11.1 Å². The van der Waals surface area contributed by atoms with Crippen LogP contribution in [-0.2, 0) is 4.79 Å². The smallest absolute Gasteiger partial charge is 0.255 e. The number of rotatable bonds is 7. The fourth-order valence-corrected chi connectivity index (χ4v) is 3.35. The first-order valence-corrected chi connectivity index (χ1v) is 9.93. The van der Waals surface area contributed by atoms with E-state index in [9.17, 15) is 9.59 Å². The second-order valence-corrected chi connectivity index (χ2v) is 7.10. The summed E-state index contributed by atoms with van der Waals surface area (Å²) in [6.07, 6.45) is 0.683. The normalized spacial score (nSPS) is 11.4. The molecule has 154 valence electrons. The van der Waals surface area contributed by atoms with Gasteiger partial charge in [0.15, 0.2) is 0 Å². The van der Waals surface area contributed by atoms with Crippen molar-refractivity contribution in [2.75, 3.05) is 17.7 Å². The number of aryl methyl sites for hydroxylation is 1. The number of benzene rings is 3. The number of methoxy groups -OCH3 is 1. The standard InChI is InChI=1S/C25H26N2O3/c1-4-21(18-10-6-5-7-11-18)25(29)26-20-13-14-23(30-3)22(16-20)27-24(28)19-12-8-9-17(2)15-19/h5-16,21H,4H2,1-3H3,(H,26,29)(H,27,28)/t21-/m0/s1. The van der Waals surface area contributed by atoms with Crippen LogP contribution in [0.4, 0.5) is 11.4 Å². The fraction of sp³-hybridized carbons (Fsp3) is 0.200. The highest BCUT2D eigenvalue weighted by Gasteiger charge is 2.19. The molecule has 5 heteroatoms. The van der Waals surface area contributed by atoms with Crippen molar-refractivity contribution in [3.05, 3.63) is 89.5 Å². The number of hydrogen-bond donors (Lipinski definition) is 2. The van der Waals surface area contributed by atoms with Crippen LogP contribution in [0, 0.1) is 6.92 Å². The van der Waals surface area contributed by atoms with E-state index in [4.69, 9.17) is 4.74 Å². The van der Waals surface area contributed by atoms with E-state index in [1.165, 1.54) is 0 Å². The number of nitrogens with one attached hydrogen (secondary N) is 2. The van der Waals surface area contributed by atoms with Crippen molar-refractivity contribution in [1.29, 1.82) is 0 Å². The zero-order valence-electron chi connectivity index (χ0n) is 17.4. The Balaban J connectivity index is 1.80. The van der Waals surface area contributed by atoms with E-state index in [0.29, 0.717) is 29.1 Å². The third kappa shape index (κ3) is 5.06. The molecule has 0 spiro atoms. The summed E-state index contributed by atoms with van der Waals surface area (Å²) in [7, 11) is 1.54. The minimum Gasteiger partial charge on any atom is -0.495 e. The Bertz CT molecular complexity index is 1030. The predicted octanol–water partition coefficient (Wildman–Crippen LogP) is 5.39. The molecule has 0 aromatic heterocycles. The first kappa shape index (κ1) is 21.1. The molecule has 3 rings (SSSR count). The number of carbonyl (C=O) groups excluding carboxylic acids is 2. The summed E-state index contributed by atoms with van der Waals surface area (Å²) in [4.78, 5) is 25.5. The molecule has 2 N–H and O–H groups in total. The second kappa shape index (κ2) is 9.74. The Morgan fingerprint density at radius 2 is 1.70 bits per heavy atom. The van der Waals surface area contributed by atoms with Crippen molar-refractivity contribution >= 4 is 23.2 Å². The zero-order valence-corrected chi connectivity index (χ0v) is 17.4. The molecule has 0 fully saturated rings. The Hall–Kier alpha value is -3.60. The van der Waals surface area contributed by atoms with Crippen LogP contribution in [0.15, 0.2) is 72.8 Å². The van der Waals surface area contributed by atoms with Crippen molar-refractivity contribution in [3.8, 4) is 5.75 Å². The Kier molecular flexibility index (Phi) is 6.86. The lowest BCUT2D eigenvalue weighted by Gasteiger charge is -2.17. The summed E-state index contributed by atoms with van der Waals surface area (Å²) in [5.74, 6) is -0.0660. The lowest BCUT2D eigenvalue weighted by molar-refractivity contribution is -0.117. The van der Waals surface area contributed by atoms with E-state index in [2.05, 4.69) is 10.6 Å². The van der Waals surface area contributed by atoms with Gasteiger partial charge >= 0.3 is 0 Å². The summed E-state index contributed by atoms with van der Waals surface area (Å²) in [6.45, 7) is 3.92. The van der Waals surface area contributed by atoms with E-state index in [-0.39, 0.29) is 17.7 Å². The van der Waals surface area contributed by atoms with Crippen LogP contribution in [0.2, 0.25) is 0 Å². The third-order valence-electron chi connectivity index (χ3n) is 4.92. The maximum atomic E-state index is 12.9. The van der Waals surface area contributed by atoms with Gasteiger partial charge in [-0.05, 0) is 49.2 Å². The highest BCUT2D eigenvalue weighted by molar-refractivity contribution is 6.05. The lowest BCUT2D eigenvalue weighted by atomic mass is 9.95. The molecule has 0 unspecified atom stereocenters. The number of anilines is 2. The largest absolute Gasteiger partial charge is 0.495 e. The maximum Gasteiger partial charge on any atom is 0.255 e. The molecular formula is C25H26N2O3. The van der Waals surface area contributed by atoms with Crippen LogP contribution < -0.4 is 15.4 Å². The molecule has 0 heterocycles. The topological polar surface area (TPSA) is 67.4 Å². The molecule has 0 aliphatic carbocycles. The quantitative estimate of drug-likeness (QED) is 0.557. The van der Waals surface area contributed by atoms with Gasteiger partial charge in [-0.3, -0.25) is 9.59 Å². The Morgan fingerprint density at radius 3 is 2.37 bits per heavy atom. The first-order chi connectivity index (χ1) is 14.5. The molecule has 0 saturated carbocycles. The summed E-state index contributed by atoms with van der Waals surface area (Å²) in [5, 5.41) is 5.84. The summed E-state index contributed by atoms with van der Waals surface area (Å²) in [6, 6.07) is 22.2. The number of ether oxygens (including phenoxy) is 1. The average molecular weight is 402 g/mol. The van der Waals surface area contributed by atoms with Gasteiger partial charge in [0.2, 0.25) is 5.91 Å². The summed E-state index contributed by atoms with van der Waals surface area (Å²) in [5.41, 5.74) is 3.62. The SMILES string of the molecule is CC[C@H](C(=O)Nc1ccc(OC)c(NC(=O)c2cccc(C)c2)c1)c1ccccc1. The highest BCUT2D eigenvalue weighted by Crippen LogP contribution is 2.29. The molecule has 2 amide bonds. The van der Waals surface area contributed by atoms with Crippen LogP contribution in [0.5, 0.6) is 5.75 Å². The lowest BCUT2D eigenvalue weighted by Crippen LogP contribution is -2.21. The Labute approximate surface area is 177 Å². The first-order valence-electron chi connectivity index (χ1n) is 9.93. The fourth-order valence-electron chi connectivity index (χ4n) is 3.35. The van der Waals surface area contributed by atoms with E-state index in [1.54, 1.807) is 31.4 Å². The molecular weight excluding hydrogens is 376 g/mol. The van der Waals surface area contributed by atoms with Gasteiger partial charge < -0.3 is 15.4 Å². The Morgan fingerprint density at radius 1 is 0.933 bits per heavy atom. The molecule has 0 aliphatic rings. The molecule has 5 nitrogen and oxygen atoms in total. The van der Waals surface area contributed by atoms with Crippen LogP contribution in [0.3, 0.4) is 0 Å². The van der Waals surface area contributed by atoms with Crippen molar-refractivity contribution in [1.82, 2.24) is 0 Å². The minimum absolute atomic E-state index is 0.0928. The van der Waals surface area contributed by atoms with Crippen LogP contribution in [-0.4, -0.2) is 18.9 Å². The van der Waals surface area contributed by atoms with Crippen LogP contribution in [0.25, 0.3) is 0 Å². The van der Waals surface area contributed by atoms with E-state index < -0.39 is 0 Å². The van der Waals surface area contributed by atoms with Crippen molar-refractivity contribution in [3.63, 3.8) is 0 Å². The number of hydrogen-bond acceptors (Lipinski definition) is 3. The molecule has 0 aliphatic heterocycles. The average Bonchev–Trinajstić information content (AvgIpc) is 2.75. The second-order valence-electron chi connectivity index (χ2n) is 7.10. The summed E-state index contributed by atoms with van der Waals surface area (Å²) >= 11 is 0. The van der Waals surface area contributed by atoms with Gasteiger partial charge in [0.05, 0.1) is 18.7 Å². The van der Waals surface area contributed by atoms with Crippen LogP contribution in [0.1, 0.15) is 40.7 Å². The van der Waals surface area contributed by atoms with Gasteiger partial charge in [0.25, 0.3) is 5.91 Å². The van der Waals surface area contributed by atoms with Gasteiger partial charge in [-0.2, -0.15) is 0 Å². The molecule has 30 heavy (non-hydrogen) atoms. The number of carbonyl (C=O) groups is 2. The maximum absolute atomic E-state index is 12.9. The van der Waals surface area contributed by atoms with Gasteiger partial charge in [-0.25, -0.2) is 0 Å². The van der Waals surface area contributed by atoms with E-state index in [1.807, 2.05) is 62.4 Å². The molecule has 1 atom stereocenters. The van der Waals surface area contributed by atoms with E-state index >= 15 is 0 Å². The molecule has 3 aromatic carbocycles. The summed E-state index contributed by atoms with van der Waals surface area (Å²) < 4.78 is 5.38. The van der Waals surface area contributed by atoms with Crippen LogP contribution >= 0.6 is 0 Å². The number of amides is 2. The third-order valence-corrected chi connectivity index (χ3v) is 4.92. The highest BCUT2D eigenvalue weighted by atomic mass is 16.5. The zero-order chi connectivity index (χ0) is 21.5.